The zero-order valence-corrected chi connectivity index (χ0v) is 33.3. The molecule has 0 N–H and O–H groups in total. The van der Waals surface area contributed by atoms with Gasteiger partial charge < -0.3 is 4.74 Å². The van der Waals surface area contributed by atoms with Crippen molar-refractivity contribution in [1.29, 1.82) is 0 Å². The highest BCUT2D eigenvalue weighted by Gasteiger charge is 2.51. The summed E-state index contributed by atoms with van der Waals surface area (Å²) in [6, 6.07) is 85.1. The number of benzene rings is 10. The molecule has 61 heavy (non-hydrogen) atoms. The van der Waals surface area contributed by atoms with E-state index >= 15 is 0 Å². The number of fused-ring (bicyclic) bond motifs is 11. The summed E-state index contributed by atoms with van der Waals surface area (Å²) in [5.74, 6) is 1.76. The van der Waals surface area contributed by atoms with Gasteiger partial charge in [0.15, 0.2) is 0 Å². The molecule has 1 nitrogen and oxygen atoms in total. The van der Waals surface area contributed by atoms with Gasteiger partial charge in [0.05, 0.1) is 10.8 Å². The quantitative estimate of drug-likeness (QED) is 0.173. The SMILES string of the molecule is c1ccc(C2(c3ccccc3)c3ccccc3Oc3ccc(-c4ccc(-c5cccc6c5-c5ccccc5C65c6ccccc6-c6cccc7cccc5c67)cc4)cc32)cc1. The Balaban J connectivity index is 0.984. The van der Waals surface area contributed by atoms with Crippen molar-refractivity contribution < 1.29 is 4.74 Å². The summed E-state index contributed by atoms with van der Waals surface area (Å²) in [6.07, 6.45) is 0. The first-order valence-corrected chi connectivity index (χ1v) is 21.3. The van der Waals surface area contributed by atoms with Gasteiger partial charge in [-0.05, 0) is 107 Å². The van der Waals surface area contributed by atoms with Crippen LogP contribution in [0.2, 0.25) is 0 Å². The second-order valence-corrected chi connectivity index (χ2v) is 16.6. The van der Waals surface area contributed by atoms with E-state index in [1.54, 1.807) is 0 Å². The molecule has 0 amide bonds. The monoisotopic (exact) mass is 774 g/mol. The second kappa shape index (κ2) is 12.9. The summed E-state index contributed by atoms with van der Waals surface area (Å²) in [7, 11) is 0. The normalized spacial score (nSPS) is 15.9. The molecule has 0 aromatic heterocycles. The van der Waals surface area contributed by atoms with Crippen LogP contribution in [-0.4, -0.2) is 0 Å². The molecule has 0 radical (unpaired) electrons. The molecule has 1 spiro atoms. The Morgan fingerprint density at radius 2 is 0.787 bits per heavy atom. The lowest BCUT2D eigenvalue weighted by molar-refractivity contribution is 0.434. The third kappa shape index (κ3) is 4.55. The minimum absolute atomic E-state index is 0.444. The van der Waals surface area contributed by atoms with Crippen LogP contribution in [0.1, 0.15) is 44.5 Å². The molecular formula is C60H38O. The smallest absolute Gasteiger partial charge is 0.132 e. The van der Waals surface area contributed by atoms with Crippen LogP contribution in [0, 0.1) is 0 Å². The molecule has 13 rings (SSSR count). The van der Waals surface area contributed by atoms with Gasteiger partial charge in [0.1, 0.15) is 11.5 Å². The maximum atomic E-state index is 6.72. The molecule has 1 aliphatic heterocycles. The molecule has 0 saturated heterocycles. The molecule has 3 aliphatic rings. The molecule has 0 fully saturated rings. The highest BCUT2D eigenvalue weighted by molar-refractivity contribution is 6.08. The Bertz CT molecular complexity index is 3330. The van der Waals surface area contributed by atoms with E-state index in [2.05, 4.69) is 231 Å². The standard InChI is InChI=1S/C60H38O/c1-3-18-43(19-4-1)59(44-20-5-2-6-21-44)51-28-11-12-31-55(51)61-56-37-36-42(38-54(56)59)39-32-34-40(35-33-39)45-24-15-30-53-58(45)48-23-8-10-27-50(48)60(53)49-26-9-7-22-46(49)47-25-13-16-41-17-14-29-52(60)57(41)47/h1-38H. The van der Waals surface area contributed by atoms with Gasteiger partial charge in [0.2, 0.25) is 0 Å². The van der Waals surface area contributed by atoms with Crippen molar-refractivity contribution in [3.8, 4) is 56.0 Å². The van der Waals surface area contributed by atoms with Crippen molar-refractivity contribution in [2.45, 2.75) is 10.8 Å². The summed E-state index contributed by atoms with van der Waals surface area (Å²) in [4.78, 5) is 0. The molecule has 1 heterocycles. The van der Waals surface area contributed by atoms with Crippen LogP contribution in [0.5, 0.6) is 11.5 Å². The lowest BCUT2D eigenvalue weighted by atomic mass is 9.61. The maximum absolute atomic E-state index is 6.72. The van der Waals surface area contributed by atoms with Crippen molar-refractivity contribution in [3.63, 3.8) is 0 Å². The molecule has 0 saturated carbocycles. The van der Waals surface area contributed by atoms with Crippen LogP contribution in [0.3, 0.4) is 0 Å². The first-order valence-electron chi connectivity index (χ1n) is 21.3. The van der Waals surface area contributed by atoms with Crippen molar-refractivity contribution in [3.05, 3.63) is 275 Å². The summed E-state index contributed by atoms with van der Waals surface area (Å²) >= 11 is 0. The van der Waals surface area contributed by atoms with Crippen LogP contribution in [0.15, 0.2) is 231 Å². The average Bonchev–Trinajstić information content (AvgIpc) is 3.64. The van der Waals surface area contributed by atoms with Gasteiger partial charge in [-0.1, -0.05) is 212 Å². The molecule has 284 valence electrons. The lowest BCUT2D eigenvalue weighted by Crippen LogP contribution is -2.34. The van der Waals surface area contributed by atoms with Gasteiger partial charge in [-0.3, -0.25) is 0 Å². The number of ether oxygens (including phenoxy) is 1. The maximum Gasteiger partial charge on any atom is 0.132 e. The zero-order valence-electron chi connectivity index (χ0n) is 33.3. The molecule has 10 aromatic rings. The van der Waals surface area contributed by atoms with E-state index < -0.39 is 10.8 Å². The third-order valence-corrected chi connectivity index (χ3v) is 13.8. The minimum atomic E-state index is -0.570. The molecule has 0 bridgehead atoms. The summed E-state index contributed by atoms with van der Waals surface area (Å²) in [5.41, 5.74) is 19.1. The van der Waals surface area contributed by atoms with Crippen molar-refractivity contribution in [2.24, 2.45) is 0 Å². The average molecular weight is 775 g/mol. The first-order chi connectivity index (χ1) is 30.3. The highest BCUT2D eigenvalue weighted by Crippen LogP contribution is 2.63. The van der Waals surface area contributed by atoms with Gasteiger partial charge in [0.25, 0.3) is 0 Å². The topological polar surface area (TPSA) is 9.23 Å². The van der Waals surface area contributed by atoms with Gasteiger partial charge in [0, 0.05) is 11.1 Å². The highest BCUT2D eigenvalue weighted by atomic mass is 16.5. The Morgan fingerprint density at radius 3 is 1.54 bits per heavy atom. The van der Waals surface area contributed by atoms with E-state index in [0.717, 1.165) is 33.8 Å². The van der Waals surface area contributed by atoms with Gasteiger partial charge in [-0.25, -0.2) is 0 Å². The molecule has 1 atom stereocenters. The van der Waals surface area contributed by atoms with E-state index in [9.17, 15) is 0 Å². The largest absolute Gasteiger partial charge is 0.457 e. The first kappa shape index (κ1) is 34.2. The minimum Gasteiger partial charge on any atom is -0.457 e. The van der Waals surface area contributed by atoms with Crippen molar-refractivity contribution >= 4 is 10.8 Å². The molecule has 10 aromatic carbocycles. The Hall–Kier alpha value is -7.74. The Kier molecular flexibility index (Phi) is 7.21. The van der Waals surface area contributed by atoms with E-state index in [0.29, 0.717) is 0 Å². The van der Waals surface area contributed by atoms with Crippen molar-refractivity contribution in [1.82, 2.24) is 0 Å². The van der Waals surface area contributed by atoms with Crippen LogP contribution >= 0.6 is 0 Å². The van der Waals surface area contributed by atoms with Crippen LogP contribution in [0.4, 0.5) is 0 Å². The Labute approximate surface area is 355 Å². The van der Waals surface area contributed by atoms with Gasteiger partial charge in [-0.2, -0.15) is 0 Å². The molecular weight excluding hydrogens is 737 g/mol. The fourth-order valence-electron chi connectivity index (χ4n) is 11.4. The van der Waals surface area contributed by atoms with Gasteiger partial charge in [-0.15, -0.1) is 0 Å². The van der Waals surface area contributed by atoms with Crippen LogP contribution < -0.4 is 4.74 Å². The van der Waals surface area contributed by atoms with Crippen LogP contribution in [0.25, 0.3) is 55.3 Å². The zero-order chi connectivity index (χ0) is 40.1. The number of para-hydroxylation sites is 1. The van der Waals surface area contributed by atoms with Crippen molar-refractivity contribution in [2.75, 3.05) is 0 Å². The molecule has 2 aliphatic carbocycles. The number of hydrogen-bond donors (Lipinski definition) is 0. The fraction of sp³-hybridized carbons (Fsp3) is 0.0333. The van der Waals surface area contributed by atoms with Crippen LogP contribution in [-0.2, 0) is 10.8 Å². The van der Waals surface area contributed by atoms with E-state index in [1.807, 2.05) is 0 Å². The second-order valence-electron chi connectivity index (χ2n) is 16.6. The lowest BCUT2D eigenvalue weighted by Gasteiger charge is -2.41. The van der Waals surface area contributed by atoms with E-state index in [-0.39, 0.29) is 0 Å². The fourth-order valence-corrected chi connectivity index (χ4v) is 11.4. The van der Waals surface area contributed by atoms with E-state index in [4.69, 9.17) is 4.74 Å². The predicted octanol–water partition coefficient (Wildman–Crippen LogP) is 15.0. The van der Waals surface area contributed by atoms with E-state index in [1.165, 1.54) is 77.5 Å². The summed E-state index contributed by atoms with van der Waals surface area (Å²) in [5, 5.41) is 2.63. The number of rotatable bonds is 4. The Morgan fingerprint density at radius 1 is 0.279 bits per heavy atom. The molecule has 1 unspecified atom stereocenters. The third-order valence-electron chi connectivity index (χ3n) is 13.8. The summed E-state index contributed by atoms with van der Waals surface area (Å²) < 4.78 is 6.72. The number of hydrogen-bond acceptors (Lipinski definition) is 1. The van der Waals surface area contributed by atoms with Gasteiger partial charge >= 0.3 is 0 Å². The molecule has 1 heteroatoms. The predicted molar refractivity (Wildman–Crippen MR) is 250 cm³/mol. The summed E-state index contributed by atoms with van der Waals surface area (Å²) in [6.45, 7) is 0.